The maximum atomic E-state index is 11.3. The van der Waals surface area contributed by atoms with E-state index in [1.165, 1.54) is 0 Å². The summed E-state index contributed by atoms with van der Waals surface area (Å²) >= 11 is 0. The van der Waals surface area contributed by atoms with Gasteiger partial charge in [-0.2, -0.15) is 0 Å². The summed E-state index contributed by atoms with van der Waals surface area (Å²) < 4.78 is 5.45. The third-order valence-electron chi connectivity index (χ3n) is 3.56. The molecular formula is C13H24NO4+. The third-order valence-corrected chi connectivity index (χ3v) is 3.56. The molecule has 5 nitrogen and oxygen atoms in total. The normalized spacial score (nSPS) is 12.9. The first kappa shape index (κ1) is 16.6. The van der Waals surface area contributed by atoms with E-state index in [0.717, 1.165) is 0 Å². The van der Waals surface area contributed by atoms with Gasteiger partial charge in [-0.05, 0) is 27.7 Å². The topological polar surface area (TPSA) is 63.6 Å². The highest BCUT2D eigenvalue weighted by Gasteiger charge is 2.35. The number of carboxylic acids is 1. The van der Waals surface area contributed by atoms with Crippen LogP contribution in [0.15, 0.2) is 12.2 Å². The number of quaternary nitrogens is 1. The Bertz CT molecular complexity index is 321. The average Bonchev–Trinajstić information content (AvgIpc) is 2.33. The van der Waals surface area contributed by atoms with E-state index in [1.54, 1.807) is 13.8 Å². The zero-order valence-electron chi connectivity index (χ0n) is 11.7. The number of ether oxygens (including phenoxy) is 1. The van der Waals surface area contributed by atoms with Gasteiger partial charge < -0.3 is 14.3 Å². The summed E-state index contributed by atoms with van der Waals surface area (Å²) in [5.41, 5.74) is 0.354. The molecule has 0 fully saturated rings. The highest BCUT2D eigenvalue weighted by molar-refractivity contribution is 5.86. The molecule has 0 radical (unpaired) electrons. The Balaban J connectivity index is 4.58. The molecule has 0 aromatic carbocycles. The number of carbonyl (C=O) groups excluding carboxylic acids is 1. The highest BCUT2D eigenvalue weighted by atomic mass is 16.5. The number of carboxylic acid groups (broad SMARTS) is 1. The summed E-state index contributed by atoms with van der Waals surface area (Å²) in [5.74, 6) is -1.26. The molecule has 1 N–H and O–H groups in total. The lowest BCUT2D eigenvalue weighted by atomic mass is 10.2. The van der Waals surface area contributed by atoms with Crippen LogP contribution in [0.3, 0.4) is 0 Å². The van der Waals surface area contributed by atoms with Gasteiger partial charge in [0.2, 0.25) is 0 Å². The predicted molar refractivity (Wildman–Crippen MR) is 69.1 cm³/mol. The Morgan fingerprint density at radius 2 is 1.83 bits per heavy atom. The minimum atomic E-state index is -0.829. The molecule has 0 aliphatic heterocycles. The summed E-state index contributed by atoms with van der Waals surface area (Å²) in [4.78, 5) is 22.4. The number of aliphatic carboxylic acids is 1. The fraction of sp³-hybridized carbons (Fsp3) is 0.692. The number of hydrogen-bond donors (Lipinski definition) is 1. The van der Waals surface area contributed by atoms with Crippen molar-refractivity contribution in [3.63, 3.8) is 0 Å². The van der Waals surface area contributed by atoms with Crippen molar-refractivity contribution in [2.75, 3.05) is 26.2 Å². The smallest absolute Gasteiger partial charge is 0.362 e. The molecule has 5 heteroatoms. The largest absolute Gasteiger partial charge is 0.477 e. The standard InChI is InChI=1S/C13H23NO4/c1-6-14(7-2,11(5)12(15)16)8-9-18-13(17)10(3)4/h11H,3,6-9H2,1-2,4-5H3/p+1. The summed E-state index contributed by atoms with van der Waals surface area (Å²) in [6.07, 6.45) is 0. The van der Waals surface area contributed by atoms with Gasteiger partial charge >= 0.3 is 11.9 Å². The lowest BCUT2D eigenvalue weighted by Crippen LogP contribution is -2.58. The van der Waals surface area contributed by atoms with Crippen LogP contribution in [0.25, 0.3) is 0 Å². The van der Waals surface area contributed by atoms with Crippen LogP contribution in [-0.4, -0.2) is 53.8 Å². The van der Waals surface area contributed by atoms with Crippen LogP contribution in [0.4, 0.5) is 0 Å². The van der Waals surface area contributed by atoms with E-state index in [1.807, 2.05) is 13.8 Å². The van der Waals surface area contributed by atoms with Gasteiger partial charge in [-0.15, -0.1) is 0 Å². The molecule has 18 heavy (non-hydrogen) atoms. The van der Waals surface area contributed by atoms with E-state index in [2.05, 4.69) is 6.58 Å². The zero-order chi connectivity index (χ0) is 14.3. The molecular weight excluding hydrogens is 234 g/mol. The second-order valence-corrected chi connectivity index (χ2v) is 4.51. The van der Waals surface area contributed by atoms with Crippen molar-refractivity contribution in [1.82, 2.24) is 0 Å². The first-order valence-electron chi connectivity index (χ1n) is 6.22. The molecule has 0 spiro atoms. The molecule has 0 amide bonds. The van der Waals surface area contributed by atoms with Crippen molar-refractivity contribution in [2.24, 2.45) is 0 Å². The fourth-order valence-electron chi connectivity index (χ4n) is 1.96. The van der Waals surface area contributed by atoms with Gasteiger partial charge in [0.25, 0.3) is 0 Å². The molecule has 0 bridgehead atoms. The van der Waals surface area contributed by atoms with E-state index >= 15 is 0 Å². The second-order valence-electron chi connectivity index (χ2n) is 4.51. The third kappa shape index (κ3) is 4.14. The lowest BCUT2D eigenvalue weighted by Gasteiger charge is -2.39. The fourth-order valence-corrected chi connectivity index (χ4v) is 1.96. The lowest BCUT2D eigenvalue weighted by molar-refractivity contribution is -0.938. The number of rotatable bonds is 8. The van der Waals surface area contributed by atoms with Crippen LogP contribution in [0.1, 0.15) is 27.7 Å². The van der Waals surface area contributed by atoms with E-state index in [-0.39, 0.29) is 6.61 Å². The predicted octanol–water partition coefficient (Wildman–Crippen LogP) is 1.44. The average molecular weight is 258 g/mol. The Morgan fingerprint density at radius 3 is 2.17 bits per heavy atom. The highest BCUT2D eigenvalue weighted by Crippen LogP contribution is 2.14. The number of carbonyl (C=O) groups is 2. The molecule has 104 valence electrons. The van der Waals surface area contributed by atoms with Gasteiger partial charge in [0, 0.05) is 5.57 Å². The SMILES string of the molecule is C=C(C)C(=O)OCC[N+](CC)(CC)C(C)C(=O)O. The van der Waals surface area contributed by atoms with E-state index in [4.69, 9.17) is 9.84 Å². The van der Waals surface area contributed by atoms with Gasteiger partial charge in [-0.3, -0.25) is 0 Å². The number of likely N-dealkylation sites (N-methyl/N-ethyl adjacent to an activating group) is 1. The Kier molecular flexibility index (Phi) is 6.62. The van der Waals surface area contributed by atoms with E-state index < -0.39 is 18.0 Å². The van der Waals surface area contributed by atoms with Crippen LogP contribution in [0, 0.1) is 0 Å². The van der Waals surface area contributed by atoms with Crippen molar-refractivity contribution in [3.05, 3.63) is 12.2 Å². The second kappa shape index (κ2) is 7.16. The van der Waals surface area contributed by atoms with Crippen LogP contribution >= 0.6 is 0 Å². The molecule has 0 heterocycles. The minimum Gasteiger partial charge on any atom is -0.477 e. The molecule has 0 aromatic rings. The van der Waals surface area contributed by atoms with Gasteiger partial charge in [0.1, 0.15) is 13.2 Å². The quantitative estimate of drug-likeness (QED) is 0.406. The molecule has 0 saturated heterocycles. The van der Waals surface area contributed by atoms with E-state index in [0.29, 0.717) is 29.7 Å². The minimum absolute atomic E-state index is 0.213. The van der Waals surface area contributed by atoms with Crippen molar-refractivity contribution >= 4 is 11.9 Å². The van der Waals surface area contributed by atoms with Crippen molar-refractivity contribution < 1.29 is 23.9 Å². The Hall–Kier alpha value is -1.36. The molecule has 0 aliphatic carbocycles. The number of esters is 1. The van der Waals surface area contributed by atoms with Crippen LogP contribution in [-0.2, 0) is 14.3 Å². The van der Waals surface area contributed by atoms with Gasteiger partial charge in [0.05, 0.1) is 13.1 Å². The van der Waals surface area contributed by atoms with Crippen molar-refractivity contribution in [2.45, 2.75) is 33.7 Å². The van der Waals surface area contributed by atoms with Crippen LogP contribution in [0.5, 0.6) is 0 Å². The van der Waals surface area contributed by atoms with Crippen LogP contribution < -0.4 is 0 Å². The monoisotopic (exact) mass is 258 g/mol. The van der Waals surface area contributed by atoms with Crippen LogP contribution in [0.2, 0.25) is 0 Å². The van der Waals surface area contributed by atoms with Gasteiger partial charge in [0.15, 0.2) is 6.04 Å². The summed E-state index contributed by atoms with van der Waals surface area (Å²) in [5, 5.41) is 9.14. The first-order valence-corrected chi connectivity index (χ1v) is 6.22. The van der Waals surface area contributed by atoms with E-state index in [9.17, 15) is 9.59 Å². The number of nitrogens with zero attached hydrogens (tertiary/aromatic N) is 1. The zero-order valence-corrected chi connectivity index (χ0v) is 11.7. The molecule has 0 rings (SSSR count). The molecule has 0 aliphatic rings. The van der Waals surface area contributed by atoms with Crippen molar-refractivity contribution in [3.8, 4) is 0 Å². The summed E-state index contributed by atoms with van der Waals surface area (Å²) in [7, 11) is 0. The molecule has 0 aromatic heterocycles. The Labute approximate surface area is 109 Å². The Morgan fingerprint density at radius 1 is 1.33 bits per heavy atom. The molecule has 1 atom stereocenters. The summed E-state index contributed by atoms with van der Waals surface area (Å²) in [6.45, 7) is 12.8. The molecule has 1 unspecified atom stereocenters. The van der Waals surface area contributed by atoms with Gasteiger partial charge in [-0.1, -0.05) is 6.58 Å². The maximum Gasteiger partial charge on any atom is 0.362 e. The van der Waals surface area contributed by atoms with Crippen molar-refractivity contribution in [1.29, 1.82) is 0 Å². The maximum absolute atomic E-state index is 11.3. The molecule has 0 saturated carbocycles. The first-order chi connectivity index (χ1) is 8.30. The number of hydrogen-bond acceptors (Lipinski definition) is 3. The summed E-state index contributed by atoms with van der Waals surface area (Å²) in [6, 6.07) is -0.511. The van der Waals surface area contributed by atoms with Gasteiger partial charge in [-0.25, -0.2) is 9.59 Å².